The molecule has 33 heavy (non-hydrogen) atoms. The van der Waals surface area contributed by atoms with Crippen molar-refractivity contribution in [2.45, 2.75) is 31.0 Å². The number of nitrogens with zero attached hydrogens (tertiary/aromatic N) is 3. The van der Waals surface area contributed by atoms with E-state index in [0.717, 1.165) is 24.8 Å². The zero-order valence-electron chi connectivity index (χ0n) is 17.7. The molecule has 0 aromatic heterocycles. The van der Waals surface area contributed by atoms with Gasteiger partial charge in [0.1, 0.15) is 25.0 Å². The summed E-state index contributed by atoms with van der Waals surface area (Å²) in [5.74, 6) is 1.08. The van der Waals surface area contributed by atoms with Crippen LogP contribution in [-0.2, 0) is 11.0 Å². The number of thiocarbonyl (C=S) groups is 1. The number of aldehydes is 1. The third-order valence-corrected chi connectivity index (χ3v) is 6.42. The fourth-order valence-corrected chi connectivity index (χ4v) is 4.39. The van der Waals surface area contributed by atoms with E-state index in [0.29, 0.717) is 43.2 Å². The fourth-order valence-electron chi connectivity index (χ4n) is 4.00. The first-order valence-electron chi connectivity index (χ1n) is 10.3. The van der Waals surface area contributed by atoms with Gasteiger partial charge in [-0.1, -0.05) is 0 Å². The topological polar surface area (TPSA) is 65.8 Å². The number of carbonyl (C=O) groups excluding carboxylic acids is 1. The van der Waals surface area contributed by atoms with Crippen LogP contribution >= 0.6 is 12.2 Å². The molecular weight excluding hydrogens is 455 g/mol. The number of carbonyl (C=O) groups is 1. The summed E-state index contributed by atoms with van der Waals surface area (Å²) < 4.78 is 51.7. The first kappa shape index (κ1) is 22.9. The molecule has 1 saturated carbocycles. The van der Waals surface area contributed by atoms with Gasteiger partial charge in [0.05, 0.1) is 17.2 Å². The Kier molecular flexibility index (Phi) is 5.93. The molecule has 0 amide bonds. The predicted molar refractivity (Wildman–Crippen MR) is 120 cm³/mol. The van der Waals surface area contributed by atoms with Gasteiger partial charge in [0.25, 0.3) is 0 Å². The molecule has 0 bridgehead atoms. The minimum Gasteiger partial charge on any atom is -0.486 e. The number of rotatable bonds is 4. The van der Waals surface area contributed by atoms with Gasteiger partial charge in [-0.2, -0.15) is 18.4 Å². The minimum absolute atomic E-state index is 0.147. The first-order valence-corrected chi connectivity index (χ1v) is 10.7. The van der Waals surface area contributed by atoms with Gasteiger partial charge in [0.2, 0.25) is 0 Å². The number of fused-ring (bicyclic) bond motifs is 1. The van der Waals surface area contributed by atoms with Crippen molar-refractivity contribution in [2.75, 3.05) is 30.1 Å². The lowest BCUT2D eigenvalue weighted by molar-refractivity contribution is -0.137. The molecule has 10 heteroatoms. The van der Waals surface area contributed by atoms with Crippen molar-refractivity contribution in [3.63, 3.8) is 0 Å². The van der Waals surface area contributed by atoms with Crippen LogP contribution in [0, 0.1) is 11.3 Å². The summed E-state index contributed by atoms with van der Waals surface area (Å²) in [6.45, 7) is 0.806. The molecule has 0 atom stereocenters. The minimum atomic E-state index is -4.70. The van der Waals surface area contributed by atoms with Gasteiger partial charge in [-0.15, -0.1) is 0 Å². The molecule has 6 nitrogen and oxygen atoms in total. The Morgan fingerprint density at radius 1 is 1.12 bits per heavy atom. The van der Waals surface area contributed by atoms with Gasteiger partial charge in [-0.25, -0.2) is 0 Å². The van der Waals surface area contributed by atoms with Gasteiger partial charge in [0, 0.05) is 24.5 Å². The molecule has 1 fully saturated rings. The van der Waals surface area contributed by atoms with Crippen LogP contribution in [0.15, 0.2) is 36.4 Å². The lowest BCUT2D eigenvalue weighted by Gasteiger charge is -2.49. The molecule has 2 aromatic carbocycles. The van der Waals surface area contributed by atoms with Gasteiger partial charge >= 0.3 is 6.18 Å². The molecule has 0 radical (unpaired) electrons. The number of halogens is 3. The maximum atomic E-state index is 13.5. The molecule has 1 heterocycles. The fraction of sp³-hybridized carbons (Fsp3) is 0.348. The summed E-state index contributed by atoms with van der Waals surface area (Å²) in [6, 6.07) is 10.2. The second kappa shape index (κ2) is 8.56. The molecule has 0 unspecified atom stereocenters. The lowest BCUT2D eigenvalue weighted by atomic mass is 9.76. The quantitative estimate of drug-likeness (QED) is 0.469. The summed E-state index contributed by atoms with van der Waals surface area (Å²) in [5.41, 5.74) is -1.70. The van der Waals surface area contributed by atoms with E-state index in [1.54, 1.807) is 29.2 Å². The number of benzene rings is 2. The summed E-state index contributed by atoms with van der Waals surface area (Å²) in [7, 11) is 1.53. The normalized spacial score (nSPS) is 16.2. The number of hydrogen-bond acceptors (Lipinski definition) is 5. The number of nitriles is 1. The van der Waals surface area contributed by atoms with Crippen LogP contribution in [-0.4, -0.2) is 37.2 Å². The van der Waals surface area contributed by atoms with E-state index in [-0.39, 0.29) is 10.8 Å². The average molecular weight is 475 g/mol. The van der Waals surface area contributed by atoms with Crippen LogP contribution in [0.1, 0.15) is 30.4 Å². The number of anilines is 2. The van der Waals surface area contributed by atoms with Crippen molar-refractivity contribution in [1.82, 2.24) is 0 Å². The first-order chi connectivity index (χ1) is 15.7. The molecule has 2 aromatic rings. The molecular formula is C23H20F3N3O3S. The van der Waals surface area contributed by atoms with Crippen molar-refractivity contribution in [1.29, 1.82) is 5.26 Å². The Bertz CT molecular complexity index is 1140. The van der Waals surface area contributed by atoms with Crippen LogP contribution in [0.4, 0.5) is 24.5 Å². The van der Waals surface area contributed by atoms with Crippen molar-refractivity contribution in [2.24, 2.45) is 0 Å². The van der Waals surface area contributed by atoms with Crippen LogP contribution in [0.2, 0.25) is 0 Å². The second-order valence-electron chi connectivity index (χ2n) is 7.92. The van der Waals surface area contributed by atoms with E-state index in [1.807, 2.05) is 0 Å². The lowest BCUT2D eigenvalue weighted by Crippen LogP contribution is -2.60. The highest BCUT2D eigenvalue weighted by molar-refractivity contribution is 7.80. The predicted octanol–water partition coefficient (Wildman–Crippen LogP) is 4.70. The molecule has 0 N–H and O–H groups in total. The standard InChI is InChI=1S/C23H20F3N3O3S/c1-28(16-4-3-15(13-27)18(11-16)23(24,25)26)21(33)29(22(14-30)7-2-8-22)17-5-6-19-20(12-17)32-10-9-31-19/h3-6,11-12,14H,2,7-10H2,1H3. The smallest absolute Gasteiger partial charge is 0.417 e. The molecule has 0 spiro atoms. The van der Waals surface area contributed by atoms with E-state index in [9.17, 15) is 18.0 Å². The third-order valence-electron chi connectivity index (χ3n) is 5.96. The van der Waals surface area contributed by atoms with Gasteiger partial charge in [0.15, 0.2) is 16.6 Å². The van der Waals surface area contributed by atoms with Crippen molar-refractivity contribution in [3.8, 4) is 17.6 Å². The van der Waals surface area contributed by atoms with Gasteiger partial charge in [-0.3, -0.25) is 0 Å². The van der Waals surface area contributed by atoms with Crippen molar-refractivity contribution >= 4 is 35.0 Å². The highest BCUT2D eigenvalue weighted by Crippen LogP contribution is 2.43. The maximum Gasteiger partial charge on any atom is 0.417 e. The van der Waals surface area contributed by atoms with E-state index < -0.39 is 22.8 Å². The monoisotopic (exact) mass is 475 g/mol. The second-order valence-corrected chi connectivity index (χ2v) is 8.28. The Labute approximate surface area is 194 Å². The Morgan fingerprint density at radius 3 is 2.36 bits per heavy atom. The number of alkyl halides is 3. The number of hydrogen-bond donors (Lipinski definition) is 0. The molecule has 2 aliphatic rings. The largest absolute Gasteiger partial charge is 0.486 e. The Hall–Kier alpha value is -3.32. The SMILES string of the molecule is CN(C(=S)N(c1ccc2c(c1)OCCO2)C1(C=O)CCC1)c1ccc(C#N)c(C(F)(F)F)c1. The summed E-state index contributed by atoms with van der Waals surface area (Å²) in [5, 5.41) is 9.22. The van der Waals surface area contributed by atoms with E-state index in [2.05, 4.69) is 0 Å². The zero-order valence-corrected chi connectivity index (χ0v) is 18.5. The third kappa shape index (κ3) is 4.09. The molecule has 0 saturated heterocycles. The van der Waals surface area contributed by atoms with E-state index in [1.165, 1.54) is 18.0 Å². The van der Waals surface area contributed by atoms with Crippen LogP contribution in [0.5, 0.6) is 11.5 Å². The molecule has 1 aliphatic heterocycles. The highest BCUT2D eigenvalue weighted by Gasteiger charge is 2.46. The van der Waals surface area contributed by atoms with Crippen molar-refractivity contribution in [3.05, 3.63) is 47.5 Å². The van der Waals surface area contributed by atoms with Gasteiger partial charge in [-0.05, 0) is 61.8 Å². The summed E-state index contributed by atoms with van der Waals surface area (Å²) in [4.78, 5) is 15.3. The highest BCUT2D eigenvalue weighted by atomic mass is 32.1. The Morgan fingerprint density at radius 2 is 1.79 bits per heavy atom. The maximum absolute atomic E-state index is 13.5. The zero-order chi connectivity index (χ0) is 23.8. The summed E-state index contributed by atoms with van der Waals surface area (Å²) in [6.07, 6.45) is -1.92. The van der Waals surface area contributed by atoms with Crippen LogP contribution in [0.3, 0.4) is 0 Å². The molecule has 172 valence electrons. The Balaban J connectivity index is 1.75. The van der Waals surface area contributed by atoms with Gasteiger partial charge < -0.3 is 24.1 Å². The summed E-state index contributed by atoms with van der Waals surface area (Å²) >= 11 is 5.70. The van der Waals surface area contributed by atoms with Crippen molar-refractivity contribution < 1.29 is 27.4 Å². The van der Waals surface area contributed by atoms with Crippen LogP contribution in [0.25, 0.3) is 0 Å². The number of ether oxygens (including phenoxy) is 2. The van der Waals surface area contributed by atoms with Crippen LogP contribution < -0.4 is 19.3 Å². The molecule has 1 aliphatic carbocycles. The average Bonchev–Trinajstić information content (AvgIpc) is 2.79. The van der Waals surface area contributed by atoms with E-state index in [4.69, 9.17) is 27.0 Å². The molecule has 4 rings (SSSR count). The van der Waals surface area contributed by atoms with E-state index >= 15 is 0 Å².